The largest absolute Gasteiger partial charge is 0.379 e. The number of ether oxygens (including phenoxy) is 1. The van der Waals surface area contributed by atoms with Gasteiger partial charge in [0.1, 0.15) is 0 Å². The van der Waals surface area contributed by atoms with Crippen LogP contribution >= 0.6 is 11.8 Å². The lowest BCUT2D eigenvalue weighted by atomic mass is 9.81. The number of aromatic nitrogens is 4. The van der Waals surface area contributed by atoms with Crippen LogP contribution in [0.15, 0.2) is 47.8 Å². The molecule has 4 heterocycles. The number of Topliss-reactive ketones (excluding diaryl/α,β-unsaturated/α-hetero) is 1. The number of hydrogen-bond acceptors (Lipinski definition) is 8. The minimum atomic E-state index is -0.0499. The van der Waals surface area contributed by atoms with Crippen LogP contribution in [0.5, 0.6) is 0 Å². The predicted molar refractivity (Wildman–Crippen MR) is 115 cm³/mol. The number of nitrogens with zero attached hydrogens (tertiary/aromatic N) is 5. The molecular formula is C22H21N5O2S. The smallest absolute Gasteiger partial charge is 0.229 e. The van der Waals surface area contributed by atoms with Crippen molar-refractivity contribution in [1.29, 1.82) is 0 Å². The van der Waals surface area contributed by atoms with Gasteiger partial charge in [-0.3, -0.25) is 4.79 Å². The molecule has 30 heavy (non-hydrogen) atoms. The fraction of sp³-hybridized carbons (Fsp3) is 0.318. The fourth-order valence-electron chi connectivity index (χ4n) is 3.98. The van der Waals surface area contributed by atoms with Gasteiger partial charge in [-0.1, -0.05) is 13.0 Å². The Morgan fingerprint density at radius 2 is 2.00 bits per heavy atom. The Hall–Kier alpha value is -2.84. The summed E-state index contributed by atoms with van der Waals surface area (Å²) in [5.74, 6) is 1.63. The normalized spacial score (nSPS) is 16.4. The molecule has 0 bridgehead atoms. The average Bonchev–Trinajstić information content (AvgIpc) is 3.09. The van der Waals surface area contributed by atoms with Gasteiger partial charge in [0.25, 0.3) is 0 Å². The average molecular weight is 420 g/mol. The van der Waals surface area contributed by atoms with Crippen molar-refractivity contribution in [2.45, 2.75) is 24.2 Å². The van der Waals surface area contributed by atoms with E-state index in [1.165, 1.54) is 23.6 Å². The highest BCUT2D eigenvalue weighted by molar-refractivity contribution is 7.99. The number of hydrogen-bond donors (Lipinski definition) is 0. The van der Waals surface area contributed by atoms with Gasteiger partial charge in [0, 0.05) is 40.6 Å². The first kappa shape index (κ1) is 19.1. The molecule has 0 saturated carbocycles. The Morgan fingerprint density at radius 3 is 2.67 bits per heavy atom. The van der Waals surface area contributed by atoms with Crippen molar-refractivity contribution in [3.05, 3.63) is 54.0 Å². The molecule has 5 rings (SSSR count). The molecule has 2 aliphatic rings. The number of ketones is 1. The first-order valence-electron chi connectivity index (χ1n) is 9.88. The summed E-state index contributed by atoms with van der Waals surface area (Å²) >= 11 is 1.83. The maximum atomic E-state index is 11.6. The topological polar surface area (TPSA) is 81.1 Å². The van der Waals surface area contributed by atoms with Crippen molar-refractivity contribution in [3.63, 3.8) is 0 Å². The van der Waals surface area contributed by atoms with E-state index in [9.17, 15) is 4.79 Å². The van der Waals surface area contributed by atoms with Crippen LogP contribution in [0.2, 0.25) is 0 Å². The highest BCUT2D eigenvalue weighted by Gasteiger charge is 2.49. The Bertz CT molecular complexity index is 1110. The van der Waals surface area contributed by atoms with Crippen molar-refractivity contribution in [2.75, 3.05) is 30.4 Å². The van der Waals surface area contributed by atoms with E-state index in [0.717, 1.165) is 36.8 Å². The molecule has 7 nitrogen and oxygen atoms in total. The number of fused-ring (bicyclic) bond motifs is 2. The van der Waals surface area contributed by atoms with Gasteiger partial charge in [-0.25, -0.2) is 9.97 Å². The molecule has 0 radical (unpaired) electrons. The van der Waals surface area contributed by atoms with E-state index >= 15 is 0 Å². The highest BCUT2D eigenvalue weighted by Crippen LogP contribution is 2.48. The quantitative estimate of drug-likeness (QED) is 0.458. The third-order valence-electron chi connectivity index (χ3n) is 5.60. The first-order chi connectivity index (χ1) is 14.6. The van der Waals surface area contributed by atoms with Crippen LogP contribution in [-0.4, -0.2) is 51.5 Å². The van der Waals surface area contributed by atoms with Crippen molar-refractivity contribution < 1.29 is 9.53 Å². The molecule has 0 N–H and O–H groups in total. The molecule has 1 aromatic carbocycles. The summed E-state index contributed by atoms with van der Waals surface area (Å²) in [5.41, 5.74) is 4.32. The monoisotopic (exact) mass is 419 g/mol. The second-order valence-electron chi connectivity index (χ2n) is 7.63. The second-order valence-corrected chi connectivity index (χ2v) is 8.97. The SMILES string of the molecule is CCSc1ccc2c(c1)N(c1ncc(-c3cc(C(C)=O)cnn3)cn1)CC21COC1. The lowest BCUT2D eigenvalue weighted by molar-refractivity contribution is -0.0507. The lowest BCUT2D eigenvalue weighted by Gasteiger charge is -2.38. The minimum absolute atomic E-state index is 0.0219. The zero-order valence-corrected chi connectivity index (χ0v) is 17.6. The summed E-state index contributed by atoms with van der Waals surface area (Å²) in [6, 6.07) is 8.37. The molecule has 0 atom stereocenters. The van der Waals surface area contributed by atoms with E-state index in [2.05, 4.69) is 50.2 Å². The molecular weight excluding hydrogens is 398 g/mol. The third-order valence-corrected chi connectivity index (χ3v) is 6.47. The molecule has 152 valence electrons. The highest BCUT2D eigenvalue weighted by atomic mass is 32.2. The predicted octanol–water partition coefficient (Wildman–Crippen LogP) is 3.67. The first-order valence-corrected chi connectivity index (χ1v) is 10.9. The Kier molecular flexibility index (Phi) is 4.75. The van der Waals surface area contributed by atoms with Gasteiger partial charge in [0.15, 0.2) is 5.78 Å². The molecule has 1 fully saturated rings. The number of rotatable bonds is 5. The van der Waals surface area contributed by atoms with Gasteiger partial charge >= 0.3 is 0 Å². The van der Waals surface area contributed by atoms with E-state index in [1.54, 1.807) is 18.5 Å². The standard InChI is InChI=1S/C22H21N5O2S/c1-3-30-17-4-5-18-20(7-17)27(11-22(18)12-29-13-22)21-23-8-16(9-24-21)19-6-15(14(2)28)10-25-26-19/h4-10H,3,11-13H2,1-2H3. The van der Waals surface area contributed by atoms with Crippen LogP contribution in [-0.2, 0) is 10.2 Å². The zero-order chi connectivity index (χ0) is 20.7. The Balaban J connectivity index is 1.49. The van der Waals surface area contributed by atoms with E-state index < -0.39 is 0 Å². The van der Waals surface area contributed by atoms with Crippen LogP contribution in [0.1, 0.15) is 29.8 Å². The Labute approximate surface area is 178 Å². The molecule has 0 unspecified atom stereocenters. The van der Waals surface area contributed by atoms with Crippen molar-refractivity contribution in [2.24, 2.45) is 0 Å². The summed E-state index contributed by atoms with van der Waals surface area (Å²) in [6.07, 6.45) is 4.94. The van der Waals surface area contributed by atoms with Gasteiger partial charge < -0.3 is 9.64 Å². The van der Waals surface area contributed by atoms with Crippen molar-refractivity contribution >= 4 is 29.2 Å². The van der Waals surface area contributed by atoms with Crippen LogP contribution in [0.4, 0.5) is 11.6 Å². The molecule has 8 heteroatoms. The zero-order valence-electron chi connectivity index (χ0n) is 16.8. The van der Waals surface area contributed by atoms with Crippen LogP contribution in [0.25, 0.3) is 11.3 Å². The number of carbonyl (C=O) groups is 1. The molecule has 1 saturated heterocycles. The summed E-state index contributed by atoms with van der Waals surface area (Å²) in [7, 11) is 0. The molecule has 2 aliphatic heterocycles. The van der Waals surface area contributed by atoms with Crippen LogP contribution < -0.4 is 4.90 Å². The van der Waals surface area contributed by atoms with Crippen LogP contribution in [0.3, 0.4) is 0 Å². The number of thioether (sulfide) groups is 1. The third kappa shape index (κ3) is 3.16. The minimum Gasteiger partial charge on any atom is -0.379 e. The second kappa shape index (κ2) is 7.45. The van der Waals surface area contributed by atoms with Gasteiger partial charge in [0.05, 0.1) is 30.5 Å². The summed E-state index contributed by atoms with van der Waals surface area (Å²) in [6.45, 7) is 5.92. The Morgan fingerprint density at radius 1 is 1.20 bits per heavy atom. The molecule has 0 amide bonds. The maximum absolute atomic E-state index is 11.6. The number of carbonyl (C=O) groups excluding carboxylic acids is 1. The van der Waals surface area contributed by atoms with E-state index in [0.29, 0.717) is 17.2 Å². The van der Waals surface area contributed by atoms with Gasteiger partial charge in [-0.05, 0) is 36.4 Å². The van der Waals surface area contributed by atoms with E-state index in [4.69, 9.17) is 4.74 Å². The van der Waals surface area contributed by atoms with Crippen LogP contribution in [0, 0.1) is 0 Å². The molecule has 3 aromatic rings. The van der Waals surface area contributed by atoms with Gasteiger partial charge in [-0.15, -0.1) is 11.8 Å². The van der Waals surface area contributed by atoms with E-state index in [1.807, 2.05) is 11.8 Å². The summed E-state index contributed by atoms with van der Waals surface area (Å²) in [4.78, 5) is 24.3. The summed E-state index contributed by atoms with van der Waals surface area (Å²) < 4.78 is 5.57. The van der Waals surface area contributed by atoms with E-state index in [-0.39, 0.29) is 11.2 Å². The number of anilines is 2. The molecule has 2 aromatic heterocycles. The fourth-order valence-corrected chi connectivity index (χ4v) is 4.67. The van der Waals surface area contributed by atoms with Crippen molar-refractivity contribution in [1.82, 2.24) is 20.2 Å². The lowest BCUT2D eigenvalue weighted by Crippen LogP contribution is -2.49. The van der Waals surface area contributed by atoms with Gasteiger partial charge in [-0.2, -0.15) is 10.2 Å². The van der Waals surface area contributed by atoms with Crippen molar-refractivity contribution in [3.8, 4) is 11.3 Å². The molecule has 1 spiro atoms. The van der Waals surface area contributed by atoms with Gasteiger partial charge in [0.2, 0.25) is 5.95 Å². The summed E-state index contributed by atoms with van der Waals surface area (Å²) in [5, 5.41) is 8.04. The molecule has 0 aliphatic carbocycles. The number of benzene rings is 1. The maximum Gasteiger partial charge on any atom is 0.229 e.